The summed E-state index contributed by atoms with van der Waals surface area (Å²) in [6.07, 6.45) is 0. The van der Waals surface area contributed by atoms with E-state index in [2.05, 4.69) is 72.6 Å². The van der Waals surface area contributed by atoms with Gasteiger partial charge in [0.25, 0.3) is 0 Å². The van der Waals surface area contributed by atoms with E-state index in [-0.39, 0.29) is 0 Å². The van der Waals surface area contributed by atoms with Crippen LogP contribution in [0.2, 0.25) is 0 Å². The van der Waals surface area contributed by atoms with Gasteiger partial charge in [0.15, 0.2) is 0 Å². The minimum absolute atomic E-state index is 1.05. The van der Waals surface area contributed by atoms with Crippen molar-refractivity contribution in [3.8, 4) is 11.1 Å². The fraction of sp³-hybridized carbons (Fsp3) is 0.158. The molecule has 0 unspecified atom stereocenters. The molecule has 0 N–H and O–H groups in total. The molecule has 1 heterocycles. The highest BCUT2D eigenvalue weighted by Gasteiger charge is 2.19. The molecule has 1 aliphatic rings. The molecule has 4 rings (SSSR count). The van der Waals surface area contributed by atoms with Crippen LogP contribution < -0.4 is 0 Å². The van der Waals surface area contributed by atoms with E-state index in [4.69, 9.17) is 0 Å². The summed E-state index contributed by atoms with van der Waals surface area (Å²) in [5.74, 6) is 0. The molecule has 0 aliphatic carbocycles. The molecule has 0 radical (unpaired) electrons. The normalized spacial score (nSPS) is 14.7. The van der Waals surface area contributed by atoms with Gasteiger partial charge < -0.3 is 0 Å². The monoisotopic (exact) mass is 259 g/mol. The largest absolute Gasteiger partial charge is 0.298 e. The van der Waals surface area contributed by atoms with Crippen LogP contribution in [0.4, 0.5) is 0 Å². The van der Waals surface area contributed by atoms with Gasteiger partial charge in [-0.3, -0.25) is 4.90 Å². The van der Waals surface area contributed by atoms with Crippen molar-refractivity contribution < 1.29 is 0 Å². The second-order valence-corrected chi connectivity index (χ2v) is 5.64. The highest BCUT2D eigenvalue weighted by atomic mass is 15.1. The van der Waals surface area contributed by atoms with E-state index in [1.807, 2.05) is 0 Å². The first-order valence-corrected chi connectivity index (χ1v) is 7.10. The zero-order valence-electron chi connectivity index (χ0n) is 11.6. The number of rotatable bonds is 1. The first-order chi connectivity index (χ1) is 9.83. The summed E-state index contributed by atoms with van der Waals surface area (Å²) in [4.78, 5) is 2.37. The molecule has 1 heteroatoms. The Hall–Kier alpha value is -2.12. The van der Waals surface area contributed by atoms with Gasteiger partial charge in [-0.2, -0.15) is 0 Å². The number of nitrogens with zero attached hydrogens (tertiary/aromatic N) is 1. The lowest BCUT2D eigenvalue weighted by atomic mass is 9.93. The molecule has 0 atom stereocenters. The standard InChI is InChI=1S/C19H17N/c1-20-12-15-8-5-11-18(19(15)13-20)17-10-4-7-14-6-2-3-9-16(14)17/h2-11H,12-13H2,1H3. The van der Waals surface area contributed by atoms with Gasteiger partial charge in [0.1, 0.15) is 0 Å². The summed E-state index contributed by atoms with van der Waals surface area (Å²) in [6, 6.07) is 22.0. The lowest BCUT2D eigenvalue weighted by molar-refractivity contribution is 0.353. The lowest BCUT2D eigenvalue weighted by Crippen LogP contribution is -2.07. The number of hydrogen-bond donors (Lipinski definition) is 0. The third-order valence-electron chi connectivity index (χ3n) is 4.22. The highest BCUT2D eigenvalue weighted by molar-refractivity contribution is 5.97. The van der Waals surface area contributed by atoms with Crippen molar-refractivity contribution in [1.29, 1.82) is 0 Å². The first-order valence-electron chi connectivity index (χ1n) is 7.10. The maximum atomic E-state index is 2.37. The Labute approximate surface area is 119 Å². The van der Waals surface area contributed by atoms with Crippen molar-refractivity contribution in [3.05, 3.63) is 71.8 Å². The summed E-state index contributed by atoms with van der Waals surface area (Å²) in [6.45, 7) is 2.11. The SMILES string of the molecule is CN1Cc2cccc(-c3cccc4ccccc34)c2C1. The maximum absolute atomic E-state index is 2.37. The molecule has 0 bridgehead atoms. The second kappa shape index (κ2) is 4.46. The molecule has 0 spiro atoms. The van der Waals surface area contributed by atoms with Crippen LogP contribution in [0.15, 0.2) is 60.7 Å². The van der Waals surface area contributed by atoms with Gasteiger partial charge >= 0.3 is 0 Å². The van der Waals surface area contributed by atoms with E-state index in [0.717, 1.165) is 13.1 Å². The Morgan fingerprint density at radius 1 is 0.750 bits per heavy atom. The molecule has 0 saturated heterocycles. The average Bonchev–Trinajstić information content (AvgIpc) is 2.87. The van der Waals surface area contributed by atoms with Crippen LogP contribution in [-0.2, 0) is 13.1 Å². The second-order valence-electron chi connectivity index (χ2n) is 5.64. The summed E-state index contributed by atoms with van der Waals surface area (Å²) in [7, 11) is 2.19. The van der Waals surface area contributed by atoms with Crippen LogP contribution in [0.3, 0.4) is 0 Å². The Morgan fingerprint density at radius 2 is 1.50 bits per heavy atom. The van der Waals surface area contributed by atoms with E-state index >= 15 is 0 Å². The molecular formula is C19H17N. The minimum Gasteiger partial charge on any atom is -0.298 e. The molecule has 0 amide bonds. The fourth-order valence-corrected chi connectivity index (χ4v) is 3.30. The minimum atomic E-state index is 1.05. The smallest absolute Gasteiger partial charge is 0.0243 e. The Balaban J connectivity index is 2.00. The quantitative estimate of drug-likeness (QED) is 0.624. The predicted molar refractivity (Wildman–Crippen MR) is 84.6 cm³/mol. The Bertz CT molecular complexity index is 783. The zero-order chi connectivity index (χ0) is 13.5. The van der Waals surface area contributed by atoms with Gasteiger partial charge in [0.2, 0.25) is 0 Å². The van der Waals surface area contributed by atoms with E-state index in [0.29, 0.717) is 0 Å². The molecule has 0 aromatic heterocycles. The van der Waals surface area contributed by atoms with E-state index in [1.54, 1.807) is 0 Å². The highest BCUT2D eigenvalue weighted by Crippen LogP contribution is 2.35. The number of hydrogen-bond acceptors (Lipinski definition) is 1. The molecule has 1 aliphatic heterocycles. The van der Waals surface area contributed by atoms with Crippen LogP contribution in [-0.4, -0.2) is 11.9 Å². The molecular weight excluding hydrogens is 242 g/mol. The van der Waals surface area contributed by atoms with E-state index < -0.39 is 0 Å². The predicted octanol–water partition coefficient (Wildman–Crippen LogP) is 4.45. The van der Waals surface area contributed by atoms with Gasteiger partial charge in [-0.25, -0.2) is 0 Å². The van der Waals surface area contributed by atoms with Crippen molar-refractivity contribution in [1.82, 2.24) is 4.90 Å². The molecule has 20 heavy (non-hydrogen) atoms. The molecule has 98 valence electrons. The molecule has 0 fully saturated rings. The number of benzene rings is 3. The van der Waals surface area contributed by atoms with E-state index in [1.165, 1.54) is 33.0 Å². The summed E-state index contributed by atoms with van der Waals surface area (Å²) < 4.78 is 0. The topological polar surface area (TPSA) is 3.24 Å². The van der Waals surface area contributed by atoms with Crippen molar-refractivity contribution in [3.63, 3.8) is 0 Å². The van der Waals surface area contributed by atoms with Crippen molar-refractivity contribution in [2.24, 2.45) is 0 Å². The van der Waals surface area contributed by atoms with Crippen LogP contribution in [0.5, 0.6) is 0 Å². The zero-order valence-corrected chi connectivity index (χ0v) is 11.6. The van der Waals surface area contributed by atoms with Gasteiger partial charge in [-0.05, 0) is 40.1 Å². The van der Waals surface area contributed by atoms with Crippen LogP contribution in [0, 0.1) is 0 Å². The average molecular weight is 259 g/mol. The van der Waals surface area contributed by atoms with Crippen LogP contribution in [0.25, 0.3) is 21.9 Å². The lowest BCUT2D eigenvalue weighted by Gasteiger charge is -2.11. The summed E-state index contributed by atoms with van der Waals surface area (Å²) in [5.41, 5.74) is 5.71. The molecule has 3 aromatic carbocycles. The van der Waals surface area contributed by atoms with Crippen molar-refractivity contribution in [2.75, 3.05) is 7.05 Å². The van der Waals surface area contributed by atoms with Crippen LogP contribution >= 0.6 is 0 Å². The van der Waals surface area contributed by atoms with Crippen molar-refractivity contribution in [2.45, 2.75) is 13.1 Å². The first kappa shape index (κ1) is 11.7. The van der Waals surface area contributed by atoms with Gasteiger partial charge in [0.05, 0.1) is 0 Å². The van der Waals surface area contributed by atoms with Crippen LogP contribution in [0.1, 0.15) is 11.1 Å². The van der Waals surface area contributed by atoms with E-state index in [9.17, 15) is 0 Å². The number of fused-ring (bicyclic) bond motifs is 2. The Morgan fingerprint density at radius 3 is 2.45 bits per heavy atom. The fourth-order valence-electron chi connectivity index (χ4n) is 3.30. The molecule has 0 saturated carbocycles. The molecule has 1 nitrogen and oxygen atoms in total. The maximum Gasteiger partial charge on any atom is 0.0243 e. The summed E-state index contributed by atoms with van der Waals surface area (Å²) >= 11 is 0. The van der Waals surface area contributed by atoms with Gasteiger partial charge in [-0.15, -0.1) is 0 Å². The molecule has 3 aromatic rings. The third kappa shape index (κ3) is 1.75. The summed E-state index contributed by atoms with van der Waals surface area (Å²) in [5, 5.41) is 2.66. The third-order valence-corrected chi connectivity index (χ3v) is 4.22. The van der Waals surface area contributed by atoms with Gasteiger partial charge in [-0.1, -0.05) is 60.7 Å². The van der Waals surface area contributed by atoms with Gasteiger partial charge in [0, 0.05) is 13.1 Å². The Kier molecular flexibility index (Phi) is 2.61. The van der Waals surface area contributed by atoms with Crippen molar-refractivity contribution >= 4 is 10.8 Å².